The molecular formula is C17H17FN4O2. The lowest BCUT2D eigenvalue weighted by molar-refractivity contribution is -0.126. The van der Waals surface area contributed by atoms with Crippen molar-refractivity contribution in [2.45, 2.75) is 31.7 Å². The van der Waals surface area contributed by atoms with Crippen LogP contribution in [0.1, 0.15) is 37.4 Å². The summed E-state index contributed by atoms with van der Waals surface area (Å²) in [4.78, 5) is 27.0. The van der Waals surface area contributed by atoms with Crippen LogP contribution >= 0.6 is 0 Å². The number of likely N-dealkylation sites (N-methyl/N-ethyl adjacent to an activating group) is 1. The van der Waals surface area contributed by atoms with Gasteiger partial charge in [-0.05, 0) is 37.6 Å². The lowest BCUT2D eigenvalue weighted by Crippen LogP contribution is -2.45. The van der Waals surface area contributed by atoms with E-state index in [0.717, 1.165) is 0 Å². The Morgan fingerprint density at radius 3 is 2.75 bits per heavy atom. The second kappa shape index (κ2) is 4.66. The van der Waals surface area contributed by atoms with Crippen LogP contribution in [0, 0.1) is 5.82 Å². The van der Waals surface area contributed by atoms with Crippen molar-refractivity contribution in [2.75, 3.05) is 17.3 Å². The number of nitrogens with one attached hydrogen (secondary N) is 1. The van der Waals surface area contributed by atoms with Gasteiger partial charge in [0.25, 0.3) is 0 Å². The minimum atomic E-state index is -1.21. The van der Waals surface area contributed by atoms with Crippen LogP contribution in [0.5, 0.6) is 0 Å². The number of anilines is 2. The number of rotatable bonds is 1. The molecule has 1 N–H and O–H groups in total. The van der Waals surface area contributed by atoms with Gasteiger partial charge in [-0.3, -0.25) is 9.59 Å². The summed E-state index contributed by atoms with van der Waals surface area (Å²) in [6, 6.07) is 4.27. The quantitative estimate of drug-likeness (QED) is 0.873. The Hall–Kier alpha value is -2.70. The van der Waals surface area contributed by atoms with E-state index in [9.17, 15) is 14.0 Å². The third-order valence-corrected chi connectivity index (χ3v) is 4.88. The Morgan fingerprint density at radius 2 is 2.04 bits per heavy atom. The van der Waals surface area contributed by atoms with Gasteiger partial charge in [-0.25, -0.2) is 9.07 Å². The van der Waals surface area contributed by atoms with Crippen molar-refractivity contribution in [2.24, 2.45) is 0 Å². The lowest BCUT2D eigenvalue weighted by Gasteiger charge is -2.32. The number of carbonyl (C=O) groups excluding carboxylic acids is 2. The zero-order valence-corrected chi connectivity index (χ0v) is 13.6. The third-order valence-electron chi connectivity index (χ3n) is 4.88. The molecule has 7 heteroatoms. The number of amides is 2. The van der Waals surface area contributed by atoms with Crippen molar-refractivity contribution in [1.29, 1.82) is 0 Å². The number of carbonyl (C=O) groups is 2. The zero-order valence-electron chi connectivity index (χ0n) is 13.6. The minimum Gasteiger partial charge on any atom is -0.314 e. The van der Waals surface area contributed by atoms with Crippen molar-refractivity contribution in [3.05, 3.63) is 41.3 Å². The fourth-order valence-electron chi connectivity index (χ4n) is 3.79. The Balaban J connectivity index is 2.05. The number of halogens is 1. The highest BCUT2D eigenvalue weighted by molar-refractivity contribution is 6.15. The molecule has 24 heavy (non-hydrogen) atoms. The van der Waals surface area contributed by atoms with Crippen LogP contribution in [0.15, 0.2) is 24.4 Å². The molecule has 1 aromatic heterocycles. The van der Waals surface area contributed by atoms with Crippen LogP contribution < -0.4 is 10.2 Å². The van der Waals surface area contributed by atoms with E-state index in [4.69, 9.17) is 0 Å². The monoisotopic (exact) mass is 328 g/mol. The molecular weight excluding hydrogens is 311 g/mol. The van der Waals surface area contributed by atoms with E-state index in [0.29, 0.717) is 22.6 Å². The zero-order chi connectivity index (χ0) is 17.2. The number of hydrogen-bond acceptors (Lipinski definition) is 3. The van der Waals surface area contributed by atoms with Gasteiger partial charge in [0.2, 0.25) is 11.8 Å². The third kappa shape index (κ3) is 1.67. The van der Waals surface area contributed by atoms with Gasteiger partial charge in [0.05, 0.1) is 6.20 Å². The highest BCUT2D eigenvalue weighted by atomic mass is 19.1. The smallest absolute Gasteiger partial charge is 0.242 e. The number of fused-ring (bicyclic) bond motifs is 4. The molecule has 2 amide bonds. The van der Waals surface area contributed by atoms with Gasteiger partial charge in [0.1, 0.15) is 17.1 Å². The van der Waals surface area contributed by atoms with Crippen LogP contribution in [-0.2, 0) is 15.0 Å². The van der Waals surface area contributed by atoms with Crippen LogP contribution in [0.2, 0.25) is 0 Å². The molecule has 6 nitrogen and oxygen atoms in total. The molecule has 2 aliphatic rings. The summed E-state index contributed by atoms with van der Waals surface area (Å²) < 4.78 is 15.6. The predicted octanol–water partition coefficient (Wildman–Crippen LogP) is 2.21. The van der Waals surface area contributed by atoms with Crippen molar-refractivity contribution in [3.8, 4) is 0 Å². The van der Waals surface area contributed by atoms with Crippen LogP contribution in [0.25, 0.3) is 0 Å². The van der Waals surface area contributed by atoms with E-state index in [1.807, 2.05) is 13.8 Å². The first-order chi connectivity index (χ1) is 11.4. The van der Waals surface area contributed by atoms with Gasteiger partial charge in [-0.1, -0.05) is 0 Å². The van der Waals surface area contributed by atoms with Crippen molar-refractivity contribution in [1.82, 2.24) is 9.78 Å². The average Bonchev–Trinajstić information content (AvgIpc) is 3.03. The van der Waals surface area contributed by atoms with Crippen molar-refractivity contribution < 1.29 is 14.0 Å². The molecule has 0 bridgehead atoms. The van der Waals surface area contributed by atoms with Crippen LogP contribution in [-0.4, -0.2) is 28.6 Å². The molecule has 0 aliphatic carbocycles. The topological polar surface area (TPSA) is 67.2 Å². The number of hydrogen-bond donors (Lipinski definition) is 1. The molecule has 0 radical (unpaired) electrons. The van der Waals surface area contributed by atoms with Gasteiger partial charge in [-0.2, -0.15) is 5.10 Å². The Morgan fingerprint density at radius 1 is 1.29 bits per heavy atom. The average molecular weight is 328 g/mol. The predicted molar refractivity (Wildman–Crippen MR) is 86.4 cm³/mol. The Labute approximate surface area is 138 Å². The molecule has 0 saturated heterocycles. The molecule has 3 heterocycles. The van der Waals surface area contributed by atoms with E-state index in [2.05, 4.69) is 10.4 Å². The van der Waals surface area contributed by atoms with Crippen LogP contribution in [0.3, 0.4) is 0 Å². The highest BCUT2D eigenvalue weighted by Crippen LogP contribution is 2.52. The molecule has 0 fully saturated rings. The van der Waals surface area contributed by atoms with Crippen LogP contribution in [0.4, 0.5) is 15.9 Å². The summed E-state index contributed by atoms with van der Waals surface area (Å²) in [5.41, 5.74) is 0.558. The van der Waals surface area contributed by atoms with E-state index < -0.39 is 11.2 Å². The van der Waals surface area contributed by atoms with E-state index in [1.165, 1.54) is 17.0 Å². The van der Waals surface area contributed by atoms with E-state index in [-0.39, 0.29) is 24.3 Å². The number of benzene rings is 1. The summed E-state index contributed by atoms with van der Waals surface area (Å²) >= 11 is 0. The fourth-order valence-corrected chi connectivity index (χ4v) is 3.79. The largest absolute Gasteiger partial charge is 0.314 e. The molecule has 0 saturated carbocycles. The Bertz CT molecular complexity index is 889. The highest BCUT2D eigenvalue weighted by Gasteiger charge is 2.56. The first kappa shape index (κ1) is 14.9. The maximum Gasteiger partial charge on any atom is 0.242 e. The summed E-state index contributed by atoms with van der Waals surface area (Å²) in [5, 5.41) is 7.16. The maximum atomic E-state index is 13.9. The number of nitrogens with zero attached hydrogens (tertiary/aromatic N) is 3. The Kier molecular flexibility index (Phi) is 2.88. The standard InChI is InChI=1S/C17H17FN4O2/c1-9(2)22-15-12(8-19-22)17(7-14(23)20-15)11-6-10(18)4-5-13(11)21(3)16(17)24/h4-6,8-9H,7H2,1-3H3,(H,20,23)/t17-/m0/s1. The first-order valence-electron chi connectivity index (χ1n) is 7.82. The van der Waals surface area contributed by atoms with Gasteiger partial charge >= 0.3 is 0 Å². The summed E-state index contributed by atoms with van der Waals surface area (Å²) in [5.74, 6) is -0.425. The molecule has 2 aliphatic heterocycles. The molecule has 1 spiro atoms. The molecule has 1 aromatic carbocycles. The van der Waals surface area contributed by atoms with Gasteiger partial charge < -0.3 is 10.2 Å². The number of aromatic nitrogens is 2. The van der Waals surface area contributed by atoms with Gasteiger partial charge in [0.15, 0.2) is 0 Å². The summed E-state index contributed by atoms with van der Waals surface area (Å²) in [7, 11) is 1.65. The molecule has 1 atom stereocenters. The van der Waals surface area contributed by atoms with E-state index >= 15 is 0 Å². The van der Waals surface area contributed by atoms with Gasteiger partial charge in [0, 0.05) is 30.8 Å². The normalized spacial score (nSPS) is 22.1. The maximum absolute atomic E-state index is 13.9. The minimum absolute atomic E-state index is 0.0189. The lowest BCUT2D eigenvalue weighted by atomic mass is 9.72. The first-order valence-corrected chi connectivity index (χ1v) is 7.82. The van der Waals surface area contributed by atoms with E-state index in [1.54, 1.807) is 24.0 Å². The fraction of sp³-hybridized carbons (Fsp3) is 0.353. The van der Waals surface area contributed by atoms with Gasteiger partial charge in [-0.15, -0.1) is 0 Å². The van der Waals surface area contributed by atoms with Crippen molar-refractivity contribution >= 4 is 23.3 Å². The van der Waals surface area contributed by atoms with Crippen molar-refractivity contribution in [3.63, 3.8) is 0 Å². The second-order valence-corrected chi connectivity index (χ2v) is 6.60. The summed E-state index contributed by atoms with van der Waals surface area (Å²) in [6.07, 6.45) is 1.56. The molecule has 4 rings (SSSR count). The molecule has 124 valence electrons. The molecule has 0 unspecified atom stereocenters. The summed E-state index contributed by atoms with van der Waals surface area (Å²) in [6.45, 7) is 3.88. The molecule has 2 aromatic rings. The second-order valence-electron chi connectivity index (χ2n) is 6.60. The SMILES string of the molecule is CC(C)n1ncc2c1NC(=O)C[C@@]21C(=O)N(C)c2ccc(F)cc21.